The van der Waals surface area contributed by atoms with Crippen LogP contribution in [0, 0.1) is 0 Å². The van der Waals surface area contributed by atoms with E-state index in [0.717, 1.165) is 23.3 Å². The first-order valence-corrected chi connectivity index (χ1v) is 6.67. The lowest BCUT2D eigenvalue weighted by Crippen LogP contribution is -2.07. The van der Waals surface area contributed by atoms with Crippen LogP contribution in [0.25, 0.3) is 10.9 Å². The molecule has 0 aliphatic carbocycles. The monoisotopic (exact) mass is 267 g/mol. The number of aryl methyl sites for hydroxylation is 1. The zero-order valence-electron chi connectivity index (χ0n) is 11.4. The summed E-state index contributed by atoms with van der Waals surface area (Å²) < 4.78 is 0. The van der Waals surface area contributed by atoms with Crippen molar-refractivity contribution in [2.45, 2.75) is 19.9 Å². The van der Waals surface area contributed by atoms with Crippen LogP contribution in [-0.4, -0.2) is 15.0 Å². The number of nitrogen functional groups attached to an aromatic ring is 1. The topological polar surface area (TPSA) is 79.6 Å². The molecule has 0 atom stereocenters. The molecule has 0 amide bonds. The van der Waals surface area contributed by atoms with Crippen molar-refractivity contribution in [2.75, 3.05) is 11.1 Å². The first-order valence-electron chi connectivity index (χ1n) is 6.67. The van der Waals surface area contributed by atoms with E-state index >= 15 is 0 Å². The minimum Gasteiger partial charge on any atom is -0.368 e. The highest BCUT2D eigenvalue weighted by atomic mass is 15.1. The molecule has 3 aromatic rings. The summed E-state index contributed by atoms with van der Waals surface area (Å²) >= 11 is 0. The summed E-state index contributed by atoms with van der Waals surface area (Å²) in [6.45, 7) is 2.78. The molecule has 2 aromatic heterocycles. The van der Waals surface area contributed by atoms with E-state index in [-0.39, 0.29) is 0 Å². The van der Waals surface area contributed by atoms with Crippen LogP contribution in [0.1, 0.15) is 18.1 Å². The molecule has 0 unspecified atom stereocenters. The summed E-state index contributed by atoms with van der Waals surface area (Å²) in [6.07, 6.45) is 4.60. The van der Waals surface area contributed by atoms with Crippen molar-refractivity contribution in [3.63, 3.8) is 0 Å². The quantitative estimate of drug-likeness (QED) is 0.679. The molecule has 2 heterocycles. The predicted octanol–water partition coefficient (Wildman–Crippen LogP) is 2.71. The van der Waals surface area contributed by atoms with Gasteiger partial charge in [-0.1, -0.05) is 19.1 Å². The molecule has 0 bridgehead atoms. The van der Waals surface area contributed by atoms with E-state index in [9.17, 15) is 0 Å². The number of H-pyrrole nitrogens is 1. The minimum atomic E-state index is 0.296. The van der Waals surface area contributed by atoms with Crippen molar-refractivity contribution < 1.29 is 0 Å². The Labute approximate surface area is 117 Å². The van der Waals surface area contributed by atoms with Crippen LogP contribution >= 0.6 is 0 Å². The van der Waals surface area contributed by atoms with Gasteiger partial charge < -0.3 is 16.0 Å². The molecule has 20 heavy (non-hydrogen) atoms. The maximum Gasteiger partial charge on any atom is 0.221 e. The molecule has 0 spiro atoms. The summed E-state index contributed by atoms with van der Waals surface area (Å²) in [6, 6.07) is 8.42. The smallest absolute Gasteiger partial charge is 0.221 e. The maximum absolute atomic E-state index is 5.64. The van der Waals surface area contributed by atoms with Crippen LogP contribution in [0.2, 0.25) is 0 Å². The normalized spacial score (nSPS) is 10.8. The van der Waals surface area contributed by atoms with E-state index in [0.29, 0.717) is 12.5 Å². The van der Waals surface area contributed by atoms with Gasteiger partial charge in [-0.05, 0) is 29.5 Å². The molecule has 0 aliphatic rings. The van der Waals surface area contributed by atoms with Gasteiger partial charge in [0, 0.05) is 30.0 Å². The van der Waals surface area contributed by atoms with E-state index < -0.39 is 0 Å². The predicted molar refractivity (Wildman–Crippen MR) is 81.4 cm³/mol. The number of anilines is 2. The minimum absolute atomic E-state index is 0.296. The summed E-state index contributed by atoms with van der Waals surface area (Å²) in [5.74, 6) is 1.11. The second-order valence-corrected chi connectivity index (χ2v) is 4.71. The van der Waals surface area contributed by atoms with Crippen LogP contribution in [0.3, 0.4) is 0 Å². The number of fused-ring (bicyclic) bond motifs is 1. The Morgan fingerprint density at radius 3 is 3.05 bits per heavy atom. The number of benzene rings is 1. The molecule has 4 N–H and O–H groups in total. The fraction of sp³-hybridized carbons (Fsp3) is 0.200. The number of nitrogens with zero attached hydrogens (tertiary/aromatic N) is 2. The molecule has 0 saturated heterocycles. The van der Waals surface area contributed by atoms with E-state index in [1.807, 2.05) is 6.20 Å². The lowest BCUT2D eigenvalue weighted by atomic mass is 10.1. The van der Waals surface area contributed by atoms with E-state index in [4.69, 9.17) is 5.73 Å². The van der Waals surface area contributed by atoms with Crippen molar-refractivity contribution in [1.82, 2.24) is 15.0 Å². The number of aromatic amines is 1. The van der Waals surface area contributed by atoms with Crippen molar-refractivity contribution >= 4 is 22.7 Å². The molecular formula is C15H17N5. The Kier molecular flexibility index (Phi) is 3.25. The Balaban J connectivity index is 1.80. The van der Waals surface area contributed by atoms with Crippen molar-refractivity contribution in [3.8, 4) is 0 Å². The maximum atomic E-state index is 5.64. The lowest BCUT2D eigenvalue weighted by molar-refractivity contribution is 1.02. The lowest BCUT2D eigenvalue weighted by Gasteiger charge is -2.10. The van der Waals surface area contributed by atoms with Crippen LogP contribution in [0.4, 0.5) is 11.8 Å². The first kappa shape index (κ1) is 12.5. The molecule has 5 heteroatoms. The van der Waals surface area contributed by atoms with Gasteiger partial charge in [0.1, 0.15) is 5.82 Å². The van der Waals surface area contributed by atoms with Crippen LogP contribution in [-0.2, 0) is 13.0 Å². The SMILES string of the molecule is CCc1cnc(N)nc1NCc1ccc2cc[nH]c2c1. The second-order valence-electron chi connectivity index (χ2n) is 4.71. The number of hydrogen-bond acceptors (Lipinski definition) is 4. The van der Waals surface area contributed by atoms with E-state index in [2.05, 4.69) is 51.5 Å². The summed E-state index contributed by atoms with van der Waals surface area (Å²) in [4.78, 5) is 11.5. The molecular weight excluding hydrogens is 250 g/mol. The third-order valence-corrected chi connectivity index (χ3v) is 3.34. The average Bonchev–Trinajstić information content (AvgIpc) is 2.92. The van der Waals surface area contributed by atoms with Crippen LogP contribution in [0.15, 0.2) is 36.7 Å². The summed E-state index contributed by atoms with van der Waals surface area (Å²) in [5.41, 5.74) is 9.05. The van der Waals surface area contributed by atoms with Crippen molar-refractivity contribution in [1.29, 1.82) is 0 Å². The fourth-order valence-corrected chi connectivity index (χ4v) is 2.22. The Hall–Kier alpha value is -2.56. The third-order valence-electron chi connectivity index (χ3n) is 3.34. The highest BCUT2D eigenvalue weighted by Gasteiger charge is 2.04. The third kappa shape index (κ3) is 2.42. The standard InChI is InChI=1S/C15H17N5/c1-2-11-9-19-15(16)20-14(11)18-8-10-3-4-12-5-6-17-13(12)7-10/h3-7,9,17H,2,8H2,1H3,(H3,16,18,19,20). The Morgan fingerprint density at radius 1 is 1.30 bits per heavy atom. The first-order chi connectivity index (χ1) is 9.76. The zero-order valence-corrected chi connectivity index (χ0v) is 11.4. The number of rotatable bonds is 4. The van der Waals surface area contributed by atoms with Gasteiger partial charge in [0.25, 0.3) is 0 Å². The second kappa shape index (κ2) is 5.21. The van der Waals surface area contributed by atoms with Gasteiger partial charge in [0.05, 0.1) is 0 Å². The number of nitrogens with one attached hydrogen (secondary N) is 2. The molecule has 0 radical (unpaired) electrons. The van der Waals surface area contributed by atoms with Crippen LogP contribution in [0.5, 0.6) is 0 Å². The molecule has 102 valence electrons. The highest BCUT2D eigenvalue weighted by molar-refractivity contribution is 5.79. The number of aromatic nitrogens is 3. The summed E-state index contributed by atoms with van der Waals surface area (Å²) in [5, 5.41) is 4.55. The van der Waals surface area contributed by atoms with Gasteiger partial charge in [-0.3, -0.25) is 0 Å². The number of nitrogens with two attached hydrogens (primary N) is 1. The van der Waals surface area contributed by atoms with E-state index in [1.165, 1.54) is 10.9 Å². The molecule has 0 aliphatic heterocycles. The molecule has 0 saturated carbocycles. The van der Waals surface area contributed by atoms with Crippen molar-refractivity contribution in [2.24, 2.45) is 0 Å². The van der Waals surface area contributed by atoms with Gasteiger partial charge >= 0.3 is 0 Å². The van der Waals surface area contributed by atoms with Crippen LogP contribution < -0.4 is 11.1 Å². The molecule has 1 aromatic carbocycles. The fourth-order valence-electron chi connectivity index (χ4n) is 2.22. The number of hydrogen-bond donors (Lipinski definition) is 3. The van der Waals surface area contributed by atoms with Gasteiger partial charge in [-0.25, -0.2) is 4.98 Å². The van der Waals surface area contributed by atoms with Gasteiger partial charge in [0.2, 0.25) is 5.95 Å². The molecule has 5 nitrogen and oxygen atoms in total. The highest BCUT2D eigenvalue weighted by Crippen LogP contribution is 2.17. The largest absolute Gasteiger partial charge is 0.368 e. The van der Waals surface area contributed by atoms with Gasteiger partial charge in [-0.2, -0.15) is 4.98 Å². The van der Waals surface area contributed by atoms with Crippen molar-refractivity contribution in [3.05, 3.63) is 47.8 Å². The summed E-state index contributed by atoms with van der Waals surface area (Å²) in [7, 11) is 0. The van der Waals surface area contributed by atoms with Gasteiger partial charge in [-0.15, -0.1) is 0 Å². The van der Waals surface area contributed by atoms with Gasteiger partial charge in [0.15, 0.2) is 0 Å². The van der Waals surface area contributed by atoms with E-state index in [1.54, 1.807) is 6.20 Å². The molecule has 0 fully saturated rings. The molecule has 3 rings (SSSR count). The Morgan fingerprint density at radius 2 is 2.20 bits per heavy atom. The Bertz CT molecular complexity index is 732. The average molecular weight is 267 g/mol. The zero-order chi connectivity index (χ0) is 13.9.